The van der Waals surface area contributed by atoms with Gasteiger partial charge in [-0.25, -0.2) is 4.79 Å². The summed E-state index contributed by atoms with van der Waals surface area (Å²) in [6.45, 7) is 18.0. The zero-order valence-corrected chi connectivity index (χ0v) is 24.1. The van der Waals surface area contributed by atoms with Crippen LogP contribution in [0.4, 0.5) is 10.5 Å². The van der Waals surface area contributed by atoms with Crippen molar-refractivity contribution in [2.75, 3.05) is 31.1 Å². The van der Waals surface area contributed by atoms with Crippen molar-refractivity contribution >= 4 is 36.7 Å². The summed E-state index contributed by atoms with van der Waals surface area (Å²) in [7, 11) is -1.18. The molecule has 1 saturated heterocycles. The van der Waals surface area contributed by atoms with E-state index < -0.39 is 19.6 Å². The van der Waals surface area contributed by atoms with Crippen molar-refractivity contribution in [3.05, 3.63) is 30.0 Å². The first-order valence-corrected chi connectivity index (χ1v) is 16.8. The lowest BCUT2D eigenvalue weighted by atomic mass is 10.0. The van der Waals surface area contributed by atoms with E-state index in [-0.39, 0.29) is 12.1 Å². The Bertz CT molecular complexity index is 1060. The third-order valence-electron chi connectivity index (χ3n) is 6.61. The molecule has 9 heteroatoms. The van der Waals surface area contributed by atoms with Crippen LogP contribution in [0, 0.1) is 0 Å². The zero-order valence-electron chi connectivity index (χ0n) is 23.1. The summed E-state index contributed by atoms with van der Waals surface area (Å²) in [5.41, 5.74) is 7.63. The summed E-state index contributed by atoms with van der Waals surface area (Å²) in [4.78, 5) is 29.1. The molecule has 36 heavy (non-hydrogen) atoms. The number of fused-ring (bicyclic) bond motifs is 1. The molecule has 2 aromatic rings. The van der Waals surface area contributed by atoms with Crippen LogP contribution in [0.15, 0.2) is 24.4 Å². The molecule has 0 atom stereocenters. The van der Waals surface area contributed by atoms with Crippen LogP contribution < -0.4 is 10.6 Å². The predicted molar refractivity (Wildman–Crippen MR) is 148 cm³/mol. The highest BCUT2D eigenvalue weighted by Crippen LogP contribution is 2.33. The van der Waals surface area contributed by atoms with Crippen LogP contribution in [0.25, 0.3) is 10.9 Å². The molecule has 8 nitrogen and oxygen atoms in total. The third kappa shape index (κ3) is 7.03. The number of benzene rings is 1. The largest absolute Gasteiger partial charge is 0.444 e. The van der Waals surface area contributed by atoms with E-state index in [2.05, 4.69) is 24.5 Å². The molecule has 0 aliphatic carbocycles. The van der Waals surface area contributed by atoms with Gasteiger partial charge in [-0.3, -0.25) is 4.79 Å². The fourth-order valence-corrected chi connectivity index (χ4v) is 5.47. The van der Waals surface area contributed by atoms with Gasteiger partial charge in [-0.1, -0.05) is 19.6 Å². The number of aromatic nitrogens is 1. The summed E-state index contributed by atoms with van der Waals surface area (Å²) in [5, 5.41) is 0.998. The van der Waals surface area contributed by atoms with Crippen molar-refractivity contribution in [1.29, 1.82) is 0 Å². The molecule has 0 radical (unpaired) electrons. The van der Waals surface area contributed by atoms with E-state index in [0.717, 1.165) is 48.6 Å². The summed E-state index contributed by atoms with van der Waals surface area (Å²) in [5.74, 6) is -0.441. The topological polar surface area (TPSA) is 90.0 Å². The second kappa shape index (κ2) is 11.3. The number of amides is 2. The van der Waals surface area contributed by atoms with E-state index in [4.69, 9.17) is 15.2 Å². The molecule has 1 fully saturated rings. The number of carbonyl (C=O) groups is 2. The molecule has 1 aliphatic heterocycles. The minimum absolute atomic E-state index is 0.144. The number of anilines is 1. The molecule has 0 bridgehead atoms. The first-order valence-electron chi connectivity index (χ1n) is 13.0. The minimum Gasteiger partial charge on any atom is -0.444 e. The highest BCUT2D eigenvalue weighted by Gasteiger charge is 2.31. The maximum Gasteiger partial charge on any atom is 0.410 e. The van der Waals surface area contributed by atoms with Crippen LogP contribution in [-0.2, 0) is 16.2 Å². The van der Waals surface area contributed by atoms with E-state index in [1.807, 2.05) is 61.6 Å². The van der Waals surface area contributed by atoms with Crippen LogP contribution in [0.2, 0.25) is 25.7 Å². The average molecular weight is 517 g/mol. The SMILES string of the molecule is CCN(C(=O)OC(C)(C)C)C1CCN(c2ccc(C(N)=O)c3c2ccn3COCC[Si](C)(C)C)CC1. The number of rotatable bonds is 9. The van der Waals surface area contributed by atoms with Gasteiger partial charge in [0.15, 0.2) is 0 Å². The van der Waals surface area contributed by atoms with Crippen LogP contribution >= 0.6 is 0 Å². The number of nitrogens with two attached hydrogens (primary N) is 1. The Kier molecular flexibility index (Phi) is 8.77. The lowest BCUT2D eigenvalue weighted by molar-refractivity contribution is 0.0149. The number of hydrogen-bond acceptors (Lipinski definition) is 5. The Labute approximate surface area is 216 Å². The van der Waals surface area contributed by atoms with E-state index in [0.29, 0.717) is 25.4 Å². The van der Waals surface area contributed by atoms with E-state index in [9.17, 15) is 9.59 Å². The van der Waals surface area contributed by atoms with Crippen molar-refractivity contribution in [3.8, 4) is 0 Å². The summed E-state index contributed by atoms with van der Waals surface area (Å²) >= 11 is 0. The van der Waals surface area contributed by atoms with E-state index in [1.165, 1.54) is 0 Å². The van der Waals surface area contributed by atoms with E-state index >= 15 is 0 Å². The van der Waals surface area contributed by atoms with Crippen LogP contribution in [0.1, 0.15) is 50.9 Å². The maximum absolute atomic E-state index is 12.7. The Hall–Kier alpha value is -2.52. The molecule has 2 amide bonds. The number of ether oxygens (including phenoxy) is 2. The van der Waals surface area contributed by atoms with Gasteiger partial charge in [0.2, 0.25) is 0 Å². The Balaban J connectivity index is 1.76. The minimum atomic E-state index is -1.18. The molecular formula is C27H44N4O4Si. The van der Waals surface area contributed by atoms with Gasteiger partial charge in [-0.2, -0.15) is 0 Å². The third-order valence-corrected chi connectivity index (χ3v) is 8.31. The summed E-state index contributed by atoms with van der Waals surface area (Å²) in [6, 6.07) is 7.09. The lowest BCUT2D eigenvalue weighted by Gasteiger charge is -2.39. The van der Waals surface area contributed by atoms with Gasteiger partial charge in [0.1, 0.15) is 12.3 Å². The quantitative estimate of drug-likeness (QED) is 0.362. The van der Waals surface area contributed by atoms with Gasteiger partial charge in [0, 0.05) is 57.6 Å². The van der Waals surface area contributed by atoms with Gasteiger partial charge in [-0.05, 0) is 64.8 Å². The Morgan fingerprint density at radius 1 is 1.14 bits per heavy atom. The van der Waals surface area contributed by atoms with Crippen LogP contribution in [-0.4, -0.2) is 67.4 Å². The van der Waals surface area contributed by atoms with Crippen molar-refractivity contribution in [1.82, 2.24) is 9.47 Å². The molecule has 1 aromatic carbocycles. The molecule has 1 aromatic heterocycles. The van der Waals surface area contributed by atoms with Crippen molar-refractivity contribution in [2.45, 2.75) is 84.6 Å². The zero-order chi connectivity index (χ0) is 26.7. The van der Waals surface area contributed by atoms with Gasteiger partial charge in [0.05, 0.1) is 11.1 Å². The van der Waals surface area contributed by atoms with Crippen molar-refractivity contribution in [3.63, 3.8) is 0 Å². The van der Waals surface area contributed by atoms with Crippen LogP contribution in [0.5, 0.6) is 0 Å². The second-order valence-corrected chi connectivity index (χ2v) is 17.5. The summed E-state index contributed by atoms with van der Waals surface area (Å²) in [6.07, 6.45) is 3.44. The molecule has 0 saturated carbocycles. The Morgan fingerprint density at radius 3 is 2.36 bits per heavy atom. The van der Waals surface area contributed by atoms with Gasteiger partial charge >= 0.3 is 6.09 Å². The predicted octanol–water partition coefficient (Wildman–Crippen LogP) is 5.28. The molecule has 2 heterocycles. The number of nitrogens with zero attached hydrogens (tertiary/aromatic N) is 3. The second-order valence-electron chi connectivity index (χ2n) is 11.9. The van der Waals surface area contributed by atoms with Gasteiger partial charge in [0.25, 0.3) is 5.91 Å². The number of hydrogen-bond donors (Lipinski definition) is 1. The first kappa shape index (κ1) is 28.1. The fourth-order valence-electron chi connectivity index (χ4n) is 4.71. The number of piperidine rings is 1. The highest BCUT2D eigenvalue weighted by atomic mass is 28.3. The average Bonchev–Trinajstić information content (AvgIpc) is 3.19. The van der Waals surface area contributed by atoms with E-state index in [1.54, 1.807) is 0 Å². The van der Waals surface area contributed by atoms with Crippen LogP contribution in [0.3, 0.4) is 0 Å². The highest BCUT2D eigenvalue weighted by molar-refractivity contribution is 6.76. The molecule has 2 N–H and O–H groups in total. The van der Waals surface area contributed by atoms with Crippen molar-refractivity contribution < 1.29 is 19.1 Å². The molecule has 200 valence electrons. The first-order chi connectivity index (χ1) is 16.8. The Morgan fingerprint density at radius 2 is 1.81 bits per heavy atom. The summed E-state index contributed by atoms with van der Waals surface area (Å²) < 4.78 is 13.6. The van der Waals surface area contributed by atoms with Gasteiger partial charge in [-0.15, -0.1) is 0 Å². The maximum atomic E-state index is 12.7. The molecular weight excluding hydrogens is 472 g/mol. The monoisotopic (exact) mass is 516 g/mol. The number of carbonyl (C=O) groups excluding carboxylic acids is 2. The molecule has 0 spiro atoms. The smallest absolute Gasteiger partial charge is 0.410 e. The van der Waals surface area contributed by atoms with Gasteiger partial charge < -0.3 is 29.6 Å². The normalized spacial score (nSPS) is 15.4. The lowest BCUT2D eigenvalue weighted by Crippen LogP contribution is -2.48. The standard InChI is InChI=1S/C27H44N4O4Si/c1-8-31(26(33)35-27(2,3)4)20-11-14-29(15-12-20)23-10-9-22(25(28)32)24-21(23)13-16-30(24)19-34-17-18-36(5,6)7/h9-10,13,16,20H,8,11-12,14-15,17-19H2,1-7H3,(H2,28,32). The van der Waals surface area contributed by atoms with Crippen molar-refractivity contribution in [2.24, 2.45) is 5.73 Å². The molecule has 0 unspecified atom stereocenters. The molecule has 3 rings (SSSR count). The number of primary amides is 1. The molecule has 1 aliphatic rings. The fraction of sp³-hybridized carbons (Fsp3) is 0.630.